The zero-order chi connectivity index (χ0) is 56.4. The van der Waals surface area contributed by atoms with E-state index in [1.54, 1.807) is 0 Å². The highest BCUT2D eigenvalue weighted by atomic mass is 16.6. The van der Waals surface area contributed by atoms with Gasteiger partial charge in [0.1, 0.15) is 13.2 Å². The summed E-state index contributed by atoms with van der Waals surface area (Å²) in [4.78, 5) is 38.3. The quantitative estimate of drug-likeness (QED) is 0.0343. The van der Waals surface area contributed by atoms with E-state index in [1.807, 2.05) is 0 Å². The molecule has 0 amide bonds. The van der Waals surface area contributed by atoms with Gasteiger partial charge in [-0.3, -0.25) is 14.4 Å². The summed E-state index contributed by atoms with van der Waals surface area (Å²) in [6, 6.07) is 0. The fourth-order valence-electron chi connectivity index (χ4n) is 11.5. The Morgan fingerprint density at radius 3 is 0.513 bits per heavy atom. The third-order valence-corrected chi connectivity index (χ3v) is 16.9. The predicted molar refractivity (Wildman–Crippen MR) is 340 cm³/mol. The molecule has 0 bridgehead atoms. The van der Waals surface area contributed by atoms with Crippen LogP contribution in [0.2, 0.25) is 0 Å². The molecule has 0 aromatic heterocycles. The van der Waals surface area contributed by atoms with E-state index in [-0.39, 0.29) is 31.1 Å². The SMILES string of the molecule is CCCCCCCCCCCCCCCCCCCCCCCCCCCCCC(=O)OCC(COC(=O)CCCCCCCCCCCC)OC(=O)CCCCCCCCCCCCCCCCCCCCCCCCC. The van der Waals surface area contributed by atoms with Crippen LogP contribution in [0.15, 0.2) is 0 Å². The number of unbranched alkanes of at least 4 members (excludes halogenated alkanes) is 57. The zero-order valence-electron chi connectivity index (χ0n) is 53.5. The average Bonchev–Trinajstić information content (AvgIpc) is 3.44. The molecule has 6 nitrogen and oxygen atoms in total. The molecule has 0 aliphatic rings. The molecule has 6 heteroatoms. The van der Waals surface area contributed by atoms with Crippen LogP contribution in [-0.4, -0.2) is 37.2 Å². The summed E-state index contributed by atoms with van der Waals surface area (Å²) < 4.78 is 17.0. The van der Waals surface area contributed by atoms with Gasteiger partial charge in [-0.2, -0.15) is 0 Å². The Hall–Kier alpha value is -1.59. The fourth-order valence-corrected chi connectivity index (χ4v) is 11.5. The second-order valence-electron chi connectivity index (χ2n) is 24.9. The summed E-state index contributed by atoms with van der Waals surface area (Å²) in [5.41, 5.74) is 0. The first kappa shape index (κ1) is 76.4. The van der Waals surface area contributed by atoms with Crippen molar-refractivity contribution < 1.29 is 28.6 Å². The summed E-state index contributed by atoms with van der Waals surface area (Å²) in [5.74, 6) is -0.824. The average molecular weight is 1100 g/mol. The summed E-state index contributed by atoms with van der Waals surface area (Å²) in [7, 11) is 0. The van der Waals surface area contributed by atoms with Gasteiger partial charge in [0.25, 0.3) is 0 Å². The first-order valence-corrected chi connectivity index (χ1v) is 36.0. The van der Waals surface area contributed by atoms with Crippen LogP contribution in [0.5, 0.6) is 0 Å². The van der Waals surface area contributed by atoms with Gasteiger partial charge in [0.2, 0.25) is 0 Å². The lowest BCUT2D eigenvalue weighted by Gasteiger charge is -2.18. The van der Waals surface area contributed by atoms with Gasteiger partial charge in [-0.05, 0) is 19.3 Å². The number of carbonyl (C=O) groups excluding carboxylic acids is 3. The lowest BCUT2D eigenvalue weighted by atomic mass is 10.0. The molecular weight excluding hydrogens is 961 g/mol. The molecule has 0 aromatic carbocycles. The Morgan fingerprint density at radius 2 is 0.346 bits per heavy atom. The van der Waals surface area contributed by atoms with E-state index in [0.29, 0.717) is 19.3 Å². The molecule has 464 valence electrons. The Balaban J connectivity index is 4.09. The maximum absolute atomic E-state index is 12.9. The Kier molecular flexibility index (Phi) is 66.5. The molecule has 0 N–H and O–H groups in total. The highest BCUT2D eigenvalue weighted by Gasteiger charge is 2.20. The molecule has 0 aromatic rings. The molecule has 0 aliphatic carbocycles. The highest BCUT2D eigenvalue weighted by Crippen LogP contribution is 2.20. The van der Waals surface area contributed by atoms with E-state index < -0.39 is 6.10 Å². The van der Waals surface area contributed by atoms with Crippen LogP contribution < -0.4 is 0 Å². The molecule has 0 radical (unpaired) electrons. The number of hydrogen-bond donors (Lipinski definition) is 0. The normalized spacial score (nSPS) is 11.9. The lowest BCUT2D eigenvalue weighted by Crippen LogP contribution is -2.30. The van der Waals surface area contributed by atoms with Crippen molar-refractivity contribution in [3.8, 4) is 0 Å². The fraction of sp³-hybridized carbons (Fsp3) is 0.958. The number of esters is 3. The van der Waals surface area contributed by atoms with E-state index in [1.165, 1.54) is 327 Å². The van der Waals surface area contributed by atoms with Gasteiger partial charge in [0, 0.05) is 19.3 Å². The minimum atomic E-state index is -0.763. The van der Waals surface area contributed by atoms with E-state index in [9.17, 15) is 14.4 Å². The first-order chi connectivity index (χ1) is 38.5. The van der Waals surface area contributed by atoms with Gasteiger partial charge >= 0.3 is 17.9 Å². The zero-order valence-corrected chi connectivity index (χ0v) is 53.5. The molecule has 0 rings (SSSR count). The van der Waals surface area contributed by atoms with Gasteiger partial charge in [-0.15, -0.1) is 0 Å². The smallest absolute Gasteiger partial charge is 0.306 e. The van der Waals surface area contributed by atoms with Crippen molar-refractivity contribution >= 4 is 17.9 Å². The molecule has 0 aliphatic heterocycles. The van der Waals surface area contributed by atoms with Crippen molar-refractivity contribution in [3.63, 3.8) is 0 Å². The van der Waals surface area contributed by atoms with Crippen molar-refractivity contribution in [2.24, 2.45) is 0 Å². The van der Waals surface area contributed by atoms with Crippen molar-refractivity contribution in [2.75, 3.05) is 13.2 Å². The molecule has 0 spiro atoms. The third kappa shape index (κ3) is 65.2. The van der Waals surface area contributed by atoms with Crippen LogP contribution in [0.1, 0.15) is 425 Å². The van der Waals surface area contributed by atoms with Crippen molar-refractivity contribution in [1.29, 1.82) is 0 Å². The molecule has 0 fully saturated rings. The van der Waals surface area contributed by atoms with Crippen molar-refractivity contribution in [1.82, 2.24) is 0 Å². The maximum atomic E-state index is 12.9. The summed E-state index contributed by atoms with van der Waals surface area (Å²) >= 11 is 0. The number of carbonyl (C=O) groups is 3. The van der Waals surface area contributed by atoms with Crippen molar-refractivity contribution in [2.45, 2.75) is 431 Å². The van der Waals surface area contributed by atoms with Gasteiger partial charge in [-0.1, -0.05) is 387 Å². The van der Waals surface area contributed by atoms with Gasteiger partial charge in [-0.25, -0.2) is 0 Å². The highest BCUT2D eigenvalue weighted by molar-refractivity contribution is 5.71. The van der Waals surface area contributed by atoms with Crippen LogP contribution in [0.4, 0.5) is 0 Å². The van der Waals surface area contributed by atoms with E-state index in [4.69, 9.17) is 14.2 Å². The Morgan fingerprint density at radius 1 is 0.205 bits per heavy atom. The molecule has 0 heterocycles. The van der Waals surface area contributed by atoms with Crippen LogP contribution in [-0.2, 0) is 28.6 Å². The topological polar surface area (TPSA) is 78.9 Å². The van der Waals surface area contributed by atoms with Crippen LogP contribution in [0.25, 0.3) is 0 Å². The first-order valence-electron chi connectivity index (χ1n) is 36.0. The van der Waals surface area contributed by atoms with Gasteiger partial charge in [0.05, 0.1) is 0 Å². The van der Waals surface area contributed by atoms with Gasteiger partial charge in [0.15, 0.2) is 6.10 Å². The van der Waals surface area contributed by atoms with Crippen LogP contribution >= 0.6 is 0 Å². The minimum Gasteiger partial charge on any atom is -0.462 e. The maximum Gasteiger partial charge on any atom is 0.306 e. The predicted octanol–water partition coefficient (Wildman–Crippen LogP) is 24.6. The van der Waals surface area contributed by atoms with Crippen LogP contribution in [0, 0.1) is 0 Å². The minimum absolute atomic E-state index is 0.0605. The van der Waals surface area contributed by atoms with Gasteiger partial charge < -0.3 is 14.2 Å². The molecular formula is C72H140O6. The number of rotatable bonds is 68. The third-order valence-electron chi connectivity index (χ3n) is 16.9. The molecule has 0 saturated heterocycles. The monoisotopic (exact) mass is 1100 g/mol. The van der Waals surface area contributed by atoms with Crippen molar-refractivity contribution in [3.05, 3.63) is 0 Å². The molecule has 1 unspecified atom stereocenters. The molecule has 78 heavy (non-hydrogen) atoms. The Labute approximate surface area is 488 Å². The molecule has 1 atom stereocenters. The second-order valence-corrected chi connectivity index (χ2v) is 24.9. The van der Waals surface area contributed by atoms with E-state index in [2.05, 4.69) is 20.8 Å². The largest absolute Gasteiger partial charge is 0.462 e. The summed E-state index contributed by atoms with van der Waals surface area (Å²) in [6.45, 7) is 6.73. The number of hydrogen-bond acceptors (Lipinski definition) is 6. The second kappa shape index (κ2) is 67.9. The standard InChI is InChI=1S/C72H140O6/c1-4-7-10-13-16-19-22-24-26-28-30-32-34-35-36-37-39-40-42-44-46-48-50-53-56-59-62-65-71(74)77-68-69(67-76-70(73)64-61-58-55-52-21-18-15-12-9-6-3)78-72(75)66-63-60-57-54-51-49-47-45-43-41-38-33-31-29-27-25-23-20-17-14-11-8-5-2/h69H,4-68H2,1-3H3. The van der Waals surface area contributed by atoms with E-state index in [0.717, 1.165) is 57.8 Å². The lowest BCUT2D eigenvalue weighted by molar-refractivity contribution is -0.167. The summed E-state index contributed by atoms with van der Waals surface area (Å²) in [6.07, 6.45) is 80.1. The van der Waals surface area contributed by atoms with Crippen LogP contribution in [0.3, 0.4) is 0 Å². The van der Waals surface area contributed by atoms with E-state index >= 15 is 0 Å². The Bertz CT molecular complexity index is 1170. The summed E-state index contributed by atoms with van der Waals surface area (Å²) in [5, 5.41) is 0. The molecule has 0 saturated carbocycles. The number of ether oxygens (including phenoxy) is 3.